The fourth-order valence-electron chi connectivity index (χ4n) is 3.18. The van der Waals surface area contributed by atoms with E-state index >= 15 is 0 Å². The second kappa shape index (κ2) is 11.6. The highest BCUT2D eigenvalue weighted by atomic mass is 35.5. The van der Waals surface area contributed by atoms with Crippen LogP contribution in [-0.2, 0) is 4.79 Å². The van der Waals surface area contributed by atoms with Crippen LogP contribution in [0.15, 0.2) is 59.5 Å². The van der Waals surface area contributed by atoms with Gasteiger partial charge in [-0.2, -0.15) is 0 Å². The SMILES string of the molecule is COc1cc(Cl)c(C)cc1NC(=O)CSc1cccc(NC(=O)c2ccc(C(=O)O)cc2C(=O)O)c1. The number of nitrogens with one attached hydrogen (secondary N) is 2. The molecule has 3 aromatic carbocycles. The Kier molecular flexibility index (Phi) is 8.57. The Morgan fingerprint density at radius 2 is 1.69 bits per heavy atom. The van der Waals surface area contributed by atoms with Crippen molar-refractivity contribution in [2.24, 2.45) is 0 Å². The van der Waals surface area contributed by atoms with Crippen LogP contribution in [0.3, 0.4) is 0 Å². The average Bonchev–Trinajstić information content (AvgIpc) is 2.84. The largest absolute Gasteiger partial charge is 0.495 e. The third-order valence-corrected chi connectivity index (χ3v) is 6.36. The summed E-state index contributed by atoms with van der Waals surface area (Å²) in [6, 6.07) is 13.2. The number of aromatic carboxylic acids is 2. The van der Waals surface area contributed by atoms with Gasteiger partial charge in [-0.05, 0) is 55.0 Å². The Hall–Kier alpha value is -4.02. The minimum Gasteiger partial charge on any atom is -0.495 e. The summed E-state index contributed by atoms with van der Waals surface area (Å²) in [5, 5.41) is 24.4. The first-order valence-corrected chi connectivity index (χ1v) is 11.7. The van der Waals surface area contributed by atoms with Crippen molar-refractivity contribution in [1.29, 1.82) is 0 Å². The molecule has 0 aromatic heterocycles. The molecule has 9 nitrogen and oxygen atoms in total. The number of halogens is 1. The Bertz CT molecular complexity index is 1360. The van der Waals surface area contributed by atoms with Crippen molar-refractivity contribution in [2.45, 2.75) is 11.8 Å². The van der Waals surface area contributed by atoms with Gasteiger partial charge in [0.15, 0.2) is 0 Å². The summed E-state index contributed by atoms with van der Waals surface area (Å²) in [5.41, 5.74) is 0.798. The molecule has 3 rings (SSSR count). The molecule has 0 spiro atoms. The number of carboxylic acid groups (broad SMARTS) is 2. The molecule has 0 aliphatic carbocycles. The van der Waals surface area contributed by atoms with E-state index in [0.29, 0.717) is 27.0 Å². The summed E-state index contributed by atoms with van der Waals surface area (Å²) in [7, 11) is 1.48. The maximum Gasteiger partial charge on any atom is 0.336 e. The zero-order valence-electron chi connectivity index (χ0n) is 19.1. The molecule has 0 atom stereocenters. The van der Waals surface area contributed by atoms with E-state index in [9.17, 15) is 24.3 Å². The number of ether oxygens (including phenoxy) is 1. The van der Waals surface area contributed by atoms with Gasteiger partial charge in [0.05, 0.1) is 35.2 Å². The van der Waals surface area contributed by atoms with Crippen molar-refractivity contribution in [3.8, 4) is 5.75 Å². The highest BCUT2D eigenvalue weighted by Crippen LogP contribution is 2.31. The number of carboxylic acids is 2. The topological polar surface area (TPSA) is 142 Å². The van der Waals surface area contributed by atoms with Crippen molar-refractivity contribution in [1.82, 2.24) is 0 Å². The van der Waals surface area contributed by atoms with Crippen LogP contribution in [0.1, 0.15) is 36.6 Å². The van der Waals surface area contributed by atoms with Gasteiger partial charge in [0.2, 0.25) is 5.91 Å². The standard InChI is InChI=1S/C25H21ClN2O7S/c1-13-8-20(21(35-2)11-19(13)26)28-22(29)12-36-16-5-3-4-15(10-16)27-23(30)17-7-6-14(24(31)32)9-18(17)25(33)34/h3-11H,12H2,1-2H3,(H,27,30)(H,28,29)(H,31,32)(H,33,34). The smallest absolute Gasteiger partial charge is 0.336 e. The monoisotopic (exact) mass is 528 g/mol. The number of aryl methyl sites for hydroxylation is 1. The fourth-order valence-corrected chi connectivity index (χ4v) is 4.09. The molecule has 2 amide bonds. The van der Waals surface area contributed by atoms with Crippen LogP contribution in [0.5, 0.6) is 5.75 Å². The summed E-state index contributed by atoms with van der Waals surface area (Å²) >= 11 is 7.33. The van der Waals surface area contributed by atoms with Crippen LogP contribution in [0, 0.1) is 6.92 Å². The molecule has 0 radical (unpaired) electrons. The number of anilines is 2. The molecule has 0 heterocycles. The number of amides is 2. The maximum absolute atomic E-state index is 12.7. The molecule has 3 aromatic rings. The average molecular weight is 529 g/mol. The van der Waals surface area contributed by atoms with E-state index < -0.39 is 23.4 Å². The lowest BCUT2D eigenvalue weighted by Gasteiger charge is -2.12. The number of thioether (sulfide) groups is 1. The lowest BCUT2D eigenvalue weighted by molar-refractivity contribution is -0.113. The second-order valence-electron chi connectivity index (χ2n) is 7.49. The summed E-state index contributed by atoms with van der Waals surface area (Å²) in [4.78, 5) is 48.5. The number of hydrogen-bond donors (Lipinski definition) is 4. The summed E-state index contributed by atoms with van der Waals surface area (Å²) in [6.07, 6.45) is 0. The molecule has 0 saturated heterocycles. The first-order valence-electron chi connectivity index (χ1n) is 10.4. The number of hydrogen-bond acceptors (Lipinski definition) is 6. The Balaban J connectivity index is 1.68. The maximum atomic E-state index is 12.7. The molecule has 11 heteroatoms. The second-order valence-corrected chi connectivity index (χ2v) is 8.95. The van der Waals surface area contributed by atoms with Crippen LogP contribution >= 0.6 is 23.4 Å². The number of methoxy groups -OCH3 is 1. The van der Waals surface area contributed by atoms with Crippen molar-refractivity contribution < 1.29 is 34.1 Å². The quantitative estimate of drug-likeness (QED) is 0.283. The van der Waals surface area contributed by atoms with E-state index in [0.717, 1.165) is 23.8 Å². The van der Waals surface area contributed by atoms with Crippen LogP contribution < -0.4 is 15.4 Å². The summed E-state index contributed by atoms with van der Waals surface area (Å²) in [5.74, 6) is -3.21. The molecule has 0 aliphatic heterocycles. The predicted octanol–water partition coefficient (Wildman–Crippen LogP) is 5.04. The predicted molar refractivity (Wildman–Crippen MR) is 137 cm³/mol. The van der Waals surface area contributed by atoms with E-state index in [1.807, 2.05) is 6.92 Å². The first-order chi connectivity index (χ1) is 17.1. The van der Waals surface area contributed by atoms with Gasteiger partial charge in [0.25, 0.3) is 5.91 Å². The van der Waals surface area contributed by atoms with E-state index in [-0.39, 0.29) is 22.8 Å². The third kappa shape index (κ3) is 6.55. The fraction of sp³-hybridized carbons (Fsp3) is 0.120. The highest BCUT2D eigenvalue weighted by molar-refractivity contribution is 8.00. The molecule has 186 valence electrons. The lowest BCUT2D eigenvalue weighted by Crippen LogP contribution is -2.17. The van der Waals surface area contributed by atoms with Crippen LogP contribution in [0.2, 0.25) is 5.02 Å². The van der Waals surface area contributed by atoms with E-state index in [2.05, 4.69) is 10.6 Å². The normalized spacial score (nSPS) is 10.4. The van der Waals surface area contributed by atoms with Gasteiger partial charge in [0, 0.05) is 21.7 Å². The van der Waals surface area contributed by atoms with Gasteiger partial charge in [-0.25, -0.2) is 9.59 Å². The molecule has 0 fully saturated rings. The van der Waals surface area contributed by atoms with E-state index in [1.165, 1.54) is 18.9 Å². The molecular formula is C25H21ClN2O7S. The van der Waals surface area contributed by atoms with Crippen molar-refractivity contribution in [2.75, 3.05) is 23.5 Å². The van der Waals surface area contributed by atoms with Crippen LogP contribution in [0.4, 0.5) is 11.4 Å². The first kappa shape index (κ1) is 26.6. The van der Waals surface area contributed by atoms with Gasteiger partial charge in [0.1, 0.15) is 5.75 Å². The Morgan fingerprint density at radius 3 is 2.36 bits per heavy atom. The molecule has 36 heavy (non-hydrogen) atoms. The van der Waals surface area contributed by atoms with Crippen LogP contribution in [0.25, 0.3) is 0 Å². The number of rotatable bonds is 9. The molecular weight excluding hydrogens is 508 g/mol. The Morgan fingerprint density at radius 1 is 0.944 bits per heavy atom. The number of carbonyl (C=O) groups is 4. The molecule has 0 bridgehead atoms. The van der Waals surface area contributed by atoms with Gasteiger partial charge in [-0.1, -0.05) is 17.7 Å². The minimum atomic E-state index is -1.42. The van der Waals surface area contributed by atoms with Crippen molar-refractivity contribution in [3.63, 3.8) is 0 Å². The van der Waals surface area contributed by atoms with Gasteiger partial charge >= 0.3 is 11.9 Å². The van der Waals surface area contributed by atoms with E-state index in [1.54, 1.807) is 36.4 Å². The summed E-state index contributed by atoms with van der Waals surface area (Å²) < 4.78 is 5.26. The molecule has 0 unspecified atom stereocenters. The molecule has 0 aliphatic rings. The molecule has 0 saturated carbocycles. The molecule has 4 N–H and O–H groups in total. The van der Waals surface area contributed by atoms with E-state index in [4.69, 9.17) is 21.4 Å². The zero-order valence-corrected chi connectivity index (χ0v) is 20.7. The van der Waals surface area contributed by atoms with Crippen LogP contribution in [-0.4, -0.2) is 46.8 Å². The Labute approximate surface area is 215 Å². The highest BCUT2D eigenvalue weighted by Gasteiger charge is 2.19. The number of carbonyl (C=O) groups excluding carboxylic acids is 2. The lowest BCUT2D eigenvalue weighted by atomic mass is 10.0. The van der Waals surface area contributed by atoms with Crippen molar-refractivity contribution >= 4 is 58.5 Å². The number of benzene rings is 3. The van der Waals surface area contributed by atoms with Gasteiger partial charge in [-0.15, -0.1) is 11.8 Å². The van der Waals surface area contributed by atoms with Crippen molar-refractivity contribution in [3.05, 3.63) is 81.9 Å². The third-order valence-electron chi connectivity index (χ3n) is 4.96. The van der Waals surface area contributed by atoms with Gasteiger partial charge in [-0.3, -0.25) is 9.59 Å². The summed E-state index contributed by atoms with van der Waals surface area (Å²) in [6.45, 7) is 1.81. The van der Waals surface area contributed by atoms with Gasteiger partial charge < -0.3 is 25.6 Å². The minimum absolute atomic E-state index is 0.0715. The zero-order chi connectivity index (χ0) is 26.4.